The summed E-state index contributed by atoms with van der Waals surface area (Å²) in [6, 6.07) is 0.538. The van der Waals surface area contributed by atoms with E-state index in [1.807, 2.05) is 0 Å². The van der Waals surface area contributed by atoms with E-state index in [1.54, 1.807) is 0 Å². The van der Waals surface area contributed by atoms with Gasteiger partial charge in [-0.1, -0.05) is 40.0 Å². The van der Waals surface area contributed by atoms with Crippen LogP contribution in [-0.4, -0.2) is 25.8 Å². The number of ether oxygens (including phenoxy) is 1. The molecule has 1 aliphatic carbocycles. The standard InChI is InChI=1S/C14H29NO/c1-4-12(3)14(15-5-2)11-16-10-13-8-6-7-9-13/h12-15H,4-11H2,1-3H3. The molecule has 0 radical (unpaired) electrons. The van der Waals surface area contributed by atoms with Gasteiger partial charge in [-0.15, -0.1) is 0 Å². The van der Waals surface area contributed by atoms with Crippen LogP contribution in [-0.2, 0) is 4.74 Å². The summed E-state index contributed by atoms with van der Waals surface area (Å²) in [6.07, 6.45) is 6.82. The molecule has 2 heteroatoms. The van der Waals surface area contributed by atoms with Gasteiger partial charge in [0.05, 0.1) is 6.61 Å². The summed E-state index contributed by atoms with van der Waals surface area (Å²) in [5, 5.41) is 3.53. The molecule has 0 aromatic carbocycles. The molecule has 0 spiro atoms. The second-order valence-electron chi connectivity index (χ2n) is 5.24. The Bertz CT molecular complexity index is 166. The Hall–Kier alpha value is -0.0800. The summed E-state index contributed by atoms with van der Waals surface area (Å²) in [6.45, 7) is 9.66. The molecule has 0 aromatic rings. The monoisotopic (exact) mass is 227 g/mol. The van der Waals surface area contributed by atoms with Crippen molar-refractivity contribution >= 4 is 0 Å². The highest BCUT2D eigenvalue weighted by molar-refractivity contribution is 4.72. The van der Waals surface area contributed by atoms with Crippen LogP contribution in [0.25, 0.3) is 0 Å². The lowest BCUT2D eigenvalue weighted by molar-refractivity contribution is 0.0704. The van der Waals surface area contributed by atoms with E-state index < -0.39 is 0 Å². The molecule has 1 N–H and O–H groups in total. The van der Waals surface area contributed by atoms with Crippen molar-refractivity contribution in [2.75, 3.05) is 19.8 Å². The lowest BCUT2D eigenvalue weighted by Gasteiger charge is -2.24. The largest absolute Gasteiger partial charge is 0.380 e. The fourth-order valence-corrected chi connectivity index (χ4v) is 2.51. The number of hydrogen-bond acceptors (Lipinski definition) is 2. The summed E-state index contributed by atoms with van der Waals surface area (Å²) < 4.78 is 5.89. The molecular formula is C14H29NO. The number of rotatable bonds is 8. The third-order valence-electron chi connectivity index (χ3n) is 3.92. The Morgan fingerprint density at radius 1 is 1.25 bits per heavy atom. The molecule has 0 amide bonds. The maximum atomic E-state index is 5.89. The van der Waals surface area contributed by atoms with Gasteiger partial charge in [-0.25, -0.2) is 0 Å². The van der Waals surface area contributed by atoms with E-state index >= 15 is 0 Å². The maximum Gasteiger partial charge on any atom is 0.0622 e. The predicted molar refractivity (Wildman–Crippen MR) is 69.7 cm³/mol. The molecule has 96 valence electrons. The molecule has 0 aromatic heterocycles. The molecule has 1 saturated carbocycles. The van der Waals surface area contributed by atoms with Crippen molar-refractivity contribution in [3.63, 3.8) is 0 Å². The third-order valence-corrected chi connectivity index (χ3v) is 3.92. The molecule has 2 atom stereocenters. The zero-order valence-corrected chi connectivity index (χ0v) is 11.3. The van der Waals surface area contributed by atoms with Crippen LogP contribution < -0.4 is 5.32 Å². The summed E-state index contributed by atoms with van der Waals surface area (Å²) >= 11 is 0. The first-order valence-electron chi connectivity index (χ1n) is 7.09. The van der Waals surface area contributed by atoms with Gasteiger partial charge in [0.2, 0.25) is 0 Å². The molecule has 1 aliphatic rings. The van der Waals surface area contributed by atoms with E-state index in [0.717, 1.165) is 25.7 Å². The Labute approximate surface area is 101 Å². The lowest BCUT2D eigenvalue weighted by atomic mass is 10.00. The maximum absolute atomic E-state index is 5.89. The minimum absolute atomic E-state index is 0.538. The van der Waals surface area contributed by atoms with Crippen molar-refractivity contribution in [2.45, 2.75) is 58.9 Å². The number of nitrogens with one attached hydrogen (secondary N) is 1. The SMILES string of the molecule is CCNC(COCC1CCCC1)C(C)CC. The number of hydrogen-bond donors (Lipinski definition) is 1. The van der Waals surface area contributed by atoms with E-state index in [-0.39, 0.29) is 0 Å². The Balaban J connectivity index is 2.15. The highest BCUT2D eigenvalue weighted by Gasteiger charge is 2.18. The fourth-order valence-electron chi connectivity index (χ4n) is 2.51. The zero-order chi connectivity index (χ0) is 11.8. The minimum atomic E-state index is 0.538. The van der Waals surface area contributed by atoms with Crippen LogP contribution >= 0.6 is 0 Å². The van der Waals surface area contributed by atoms with Crippen LogP contribution in [0.3, 0.4) is 0 Å². The fraction of sp³-hybridized carbons (Fsp3) is 1.00. The van der Waals surface area contributed by atoms with Crippen molar-refractivity contribution in [3.05, 3.63) is 0 Å². The van der Waals surface area contributed by atoms with Gasteiger partial charge in [-0.05, 0) is 31.2 Å². The van der Waals surface area contributed by atoms with Crippen LogP contribution in [0.5, 0.6) is 0 Å². The third kappa shape index (κ3) is 4.84. The number of likely N-dealkylation sites (N-methyl/N-ethyl adjacent to an activating group) is 1. The zero-order valence-electron chi connectivity index (χ0n) is 11.3. The van der Waals surface area contributed by atoms with Gasteiger partial charge in [0.15, 0.2) is 0 Å². The predicted octanol–water partition coefficient (Wildman–Crippen LogP) is 3.22. The molecule has 0 saturated heterocycles. The van der Waals surface area contributed by atoms with Crippen LogP contribution in [0.2, 0.25) is 0 Å². The van der Waals surface area contributed by atoms with Crippen LogP contribution in [0.1, 0.15) is 52.9 Å². The average molecular weight is 227 g/mol. The molecule has 2 unspecified atom stereocenters. The quantitative estimate of drug-likeness (QED) is 0.687. The van der Waals surface area contributed by atoms with Gasteiger partial charge in [-0.2, -0.15) is 0 Å². The first-order chi connectivity index (χ1) is 7.77. The molecule has 1 rings (SSSR count). The minimum Gasteiger partial charge on any atom is -0.380 e. The Morgan fingerprint density at radius 3 is 2.50 bits per heavy atom. The summed E-state index contributed by atoms with van der Waals surface area (Å²) in [5.74, 6) is 1.56. The van der Waals surface area contributed by atoms with Gasteiger partial charge in [0, 0.05) is 12.6 Å². The van der Waals surface area contributed by atoms with Crippen molar-refractivity contribution in [2.24, 2.45) is 11.8 Å². The van der Waals surface area contributed by atoms with Crippen LogP contribution in [0, 0.1) is 11.8 Å². The second kappa shape index (κ2) is 8.08. The first kappa shape index (κ1) is 14.0. The Morgan fingerprint density at radius 2 is 1.94 bits per heavy atom. The van der Waals surface area contributed by atoms with Crippen molar-refractivity contribution in [1.29, 1.82) is 0 Å². The smallest absolute Gasteiger partial charge is 0.0622 e. The van der Waals surface area contributed by atoms with E-state index in [2.05, 4.69) is 26.1 Å². The van der Waals surface area contributed by atoms with E-state index in [0.29, 0.717) is 12.0 Å². The Kier molecular flexibility index (Phi) is 7.06. The van der Waals surface area contributed by atoms with Gasteiger partial charge in [0.1, 0.15) is 0 Å². The van der Waals surface area contributed by atoms with Gasteiger partial charge in [0.25, 0.3) is 0 Å². The highest BCUT2D eigenvalue weighted by Crippen LogP contribution is 2.24. The molecular weight excluding hydrogens is 198 g/mol. The van der Waals surface area contributed by atoms with Crippen molar-refractivity contribution < 1.29 is 4.74 Å². The normalized spacial score (nSPS) is 21.2. The van der Waals surface area contributed by atoms with E-state index in [4.69, 9.17) is 4.74 Å². The lowest BCUT2D eigenvalue weighted by Crippen LogP contribution is -2.39. The summed E-state index contributed by atoms with van der Waals surface area (Å²) in [4.78, 5) is 0. The second-order valence-corrected chi connectivity index (χ2v) is 5.24. The first-order valence-corrected chi connectivity index (χ1v) is 7.09. The van der Waals surface area contributed by atoms with Gasteiger partial charge >= 0.3 is 0 Å². The average Bonchev–Trinajstić information content (AvgIpc) is 2.80. The molecule has 1 fully saturated rings. The highest BCUT2D eigenvalue weighted by atomic mass is 16.5. The molecule has 16 heavy (non-hydrogen) atoms. The summed E-state index contributed by atoms with van der Waals surface area (Å²) in [5.41, 5.74) is 0. The molecule has 0 aliphatic heterocycles. The summed E-state index contributed by atoms with van der Waals surface area (Å²) in [7, 11) is 0. The van der Waals surface area contributed by atoms with Crippen LogP contribution in [0.15, 0.2) is 0 Å². The molecule has 2 nitrogen and oxygen atoms in total. The molecule has 0 bridgehead atoms. The van der Waals surface area contributed by atoms with Crippen LogP contribution in [0.4, 0.5) is 0 Å². The van der Waals surface area contributed by atoms with Gasteiger partial charge in [-0.3, -0.25) is 0 Å². The van der Waals surface area contributed by atoms with E-state index in [1.165, 1.54) is 32.1 Å². The van der Waals surface area contributed by atoms with E-state index in [9.17, 15) is 0 Å². The topological polar surface area (TPSA) is 21.3 Å². The van der Waals surface area contributed by atoms with Crippen molar-refractivity contribution in [1.82, 2.24) is 5.32 Å². The molecule has 0 heterocycles. The van der Waals surface area contributed by atoms with Gasteiger partial charge < -0.3 is 10.1 Å². The van der Waals surface area contributed by atoms with Crippen molar-refractivity contribution in [3.8, 4) is 0 Å².